The van der Waals surface area contributed by atoms with E-state index in [0.29, 0.717) is 17.7 Å². The van der Waals surface area contributed by atoms with Gasteiger partial charge >= 0.3 is 0 Å². The molecule has 0 aliphatic heterocycles. The number of carbonyl (C=O) groups excluding carboxylic acids is 1. The fraction of sp³-hybridized carbons (Fsp3) is 0.353. The van der Waals surface area contributed by atoms with E-state index in [2.05, 4.69) is 16.3 Å². The van der Waals surface area contributed by atoms with Crippen LogP contribution >= 0.6 is 11.3 Å². The molecule has 0 bridgehead atoms. The fourth-order valence-corrected chi connectivity index (χ4v) is 4.09. The molecule has 0 saturated heterocycles. The molecular weight excluding hydrogens is 344 g/mol. The zero-order valence-electron chi connectivity index (χ0n) is 14.0. The van der Waals surface area contributed by atoms with E-state index in [9.17, 15) is 13.2 Å². The first-order valence-corrected chi connectivity index (χ1v) is 10.4. The summed E-state index contributed by atoms with van der Waals surface area (Å²) in [5, 5.41) is 4.97. The summed E-state index contributed by atoms with van der Waals surface area (Å²) in [5.74, 6) is -0.181. The van der Waals surface area contributed by atoms with E-state index in [1.54, 1.807) is 35.6 Å². The highest BCUT2D eigenvalue weighted by Crippen LogP contribution is 2.22. The maximum atomic E-state index is 12.3. The number of carbonyl (C=O) groups is 1. The smallest absolute Gasteiger partial charge is 0.251 e. The van der Waals surface area contributed by atoms with Crippen molar-refractivity contribution in [3.63, 3.8) is 0 Å². The molecule has 1 atom stereocenters. The maximum Gasteiger partial charge on any atom is 0.251 e. The highest BCUT2D eigenvalue weighted by Gasteiger charge is 2.16. The Kier molecular flexibility index (Phi) is 6.15. The first-order chi connectivity index (χ1) is 11.3. The monoisotopic (exact) mass is 366 g/mol. The number of amides is 1. The molecule has 0 fully saturated rings. The third-order valence-corrected chi connectivity index (χ3v) is 5.43. The molecule has 2 aromatic rings. The van der Waals surface area contributed by atoms with Gasteiger partial charge in [-0.2, -0.15) is 0 Å². The van der Waals surface area contributed by atoms with Gasteiger partial charge in [0.15, 0.2) is 9.84 Å². The lowest BCUT2D eigenvalue weighted by Gasteiger charge is -2.23. The number of hydrogen-bond donors (Lipinski definition) is 1. The summed E-state index contributed by atoms with van der Waals surface area (Å²) in [6, 6.07) is 10.9. The van der Waals surface area contributed by atoms with E-state index >= 15 is 0 Å². The predicted molar refractivity (Wildman–Crippen MR) is 98.1 cm³/mol. The Morgan fingerprint density at radius 1 is 1.21 bits per heavy atom. The van der Waals surface area contributed by atoms with Crippen molar-refractivity contribution in [2.45, 2.75) is 11.8 Å². The lowest BCUT2D eigenvalue weighted by atomic mass is 10.1. The van der Waals surface area contributed by atoms with E-state index in [0.717, 1.165) is 0 Å². The van der Waals surface area contributed by atoms with Gasteiger partial charge in [0.2, 0.25) is 0 Å². The van der Waals surface area contributed by atoms with Crippen LogP contribution < -0.4 is 5.32 Å². The summed E-state index contributed by atoms with van der Waals surface area (Å²) in [6.07, 6.45) is 1.19. The lowest BCUT2D eigenvalue weighted by molar-refractivity contribution is 0.0942. The third kappa shape index (κ3) is 5.43. The van der Waals surface area contributed by atoms with Crippen LogP contribution in [0.4, 0.5) is 0 Å². The number of benzene rings is 1. The van der Waals surface area contributed by atoms with E-state index in [4.69, 9.17) is 0 Å². The van der Waals surface area contributed by atoms with Gasteiger partial charge in [-0.25, -0.2) is 8.42 Å². The van der Waals surface area contributed by atoms with Gasteiger partial charge in [-0.3, -0.25) is 4.79 Å². The van der Waals surface area contributed by atoms with Crippen LogP contribution in [0.2, 0.25) is 0 Å². The number of sulfone groups is 1. The normalized spacial score (nSPS) is 13.0. The molecule has 130 valence electrons. The first kappa shape index (κ1) is 18.6. The Balaban J connectivity index is 1.99. The van der Waals surface area contributed by atoms with E-state index in [1.165, 1.54) is 11.1 Å². The van der Waals surface area contributed by atoms with Crippen LogP contribution in [0.5, 0.6) is 0 Å². The number of thiophene rings is 1. The number of hydrogen-bond acceptors (Lipinski definition) is 5. The highest BCUT2D eigenvalue weighted by molar-refractivity contribution is 7.89. The Bertz CT molecular complexity index is 767. The topological polar surface area (TPSA) is 66.5 Å². The molecular formula is C17H22N2O3S2. The standard InChI is InChI=1S/C17H22N2O3S2/c1-19(2)15(16-5-4-10-23-16)11-18-17(20)14-8-6-13(7-9-14)12-24(3,21)22/h4-10,15H,11-12H2,1-3H3,(H,18,20). The van der Waals surface area contributed by atoms with Crippen molar-refractivity contribution in [1.82, 2.24) is 10.2 Å². The second-order valence-electron chi connectivity index (χ2n) is 5.97. The molecule has 1 heterocycles. The highest BCUT2D eigenvalue weighted by atomic mass is 32.2. The molecule has 1 N–H and O–H groups in total. The molecule has 2 rings (SSSR count). The minimum atomic E-state index is -3.07. The van der Waals surface area contributed by atoms with E-state index in [-0.39, 0.29) is 17.7 Å². The molecule has 1 aromatic heterocycles. The molecule has 1 unspecified atom stereocenters. The fourth-order valence-electron chi connectivity index (χ4n) is 2.37. The van der Waals surface area contributed by atoms with Crippen LogP contribution in [-0.4, -0.2) is 46.1 Å². The Morgan fingerprint density at radius 2 is 1.88 bits per heavy atom. The molecule has 0 aliphatic carbocycles. The predicted octanol–water partition coefficient (Wildman–Crippen LogP) is 2.33. The summed E-state index contributed by atoms with van der Waals surface area (Å²) in [5.41, 5.74) is 1.20. The zero-order chi connectivity index (χ0) is 17.7. The summed E-state index contributed by atoms with van der Waals surface area (Å²) < 4.78 is 22.6. The lowest BCUT2D eigenvalue weighted by Crippen LogP contribution is -2.34. The molecule has 7 heteroatoms. The van der Waals surface area contributed by atoms with Crippen LogP contribution in [0.25, 0.3) is 0 Å². The molecule has 0 saturated carbocycles. The number of nitrogens with one attached hydrogen (secondary N) is 1. The quantitative estimate of drug-likeness (QED) is 0.817. The van der Waals surface area contributed by atoms with Gasteiger partial charge in [-0.15, -0.1) is 11.3 Å². The third-order valence-electron chi connectivity index (χ3n) is 3.60. The van der Waals surface area contributed by atoms with Gasteiger partial charge in [0.25, 0.3) is 5.91 Å². The minimum Gasteiger partial charge on any atom is -0.350 e. The minimum absolute atomic E-state index is 0.0179. The molecule has 5 nitrogen and oxygen atoms in total. The number of nitrogens with zero attached hydrogens (tertiary/aromatic N) is 1. The molecule has 1 aromatic carbocycles. The van der Waals surface area contributed by atoms with Crippen molar-refractivity contribution in [1.29, 1.82) is 0 Å². The van der Waals surface area contributed by atoms with Gasteiger partial charge in [0, 0.05) is 23.2 Å². The molecule has 24 heavy (non-hydrogen) atoms. The summed E-state index contributed by atoms with van der Waals surface area (Å²) >= 11 is 1.66. The molecule has 0 aliphatic rings. The first-order valence-electron chi connectivity index (χ1n) is 7.51. The van der Waals surface area contributed by atoms with Gasteiger partial charge in [-0.05, 0) is 43.2 Å². The summed E-state index contributed by atoms with van der Waals surface area (Å²) in [7, 11) is 0.894. The second kappa shape index (κ2) is 7.92. The largest absolute Gasteiger partial charge is 0.350 e. The number of rotatable bonds is 7. The van der Waals surface area contributed by atoms with Crippen molar-refractivity contribution in [2.75, 3.05) is 26.9 Å². The molecule has 0 spiro atoms. The van der Waals surface area contributed by atoms with Crippen LogP contribution in [0.3, 0.4) is 0 Å². The van der Waals surface area contributed by atoms with Crippen molar-refractivity contribution in [2.24, 2.45) is 0 Å². The van der Waals surface area contributed by atoms with E-state index < -0.39 is 9.84 Å². The molecule has 1 amide bonds. The van der Waals surface area contributed by atoms with Gasteiger partial charge in [0.05, 0.1) is 11.8 Å². The summed E-state index contributed by atoms with van der Waals surface area (Å²) in [6.45, 7) is 0.511. The van der Waals surface area contributed by atoms with Crippen LogP contribution in [0.15, 0.2) is 41.8 Å². The Labute approximate surface area is 147 Å². The van der Waals surface area contributed by atoms with E-state index in [1.807, 2.05) is 25.5 Å². The average molecular weight is 367 g/mol. The van der Waals surface area contributed by atoms with Crippen LogP contribution in [0, 0.1) is 0 Å². The van der Waals surface area contributed by atoms with Crippen molar-refractivity contribution >= 4 is 27.1 Å². The van der Waals surface area contributed by atoms with Crippen molar-refractivity contribution in [3.8, 4) is 0 Å². The van der Waals surface area contributed by atoms with Gasteiger partial charge in [0.1, 0.15) is 0 Å². The van der Waals surface area contributed by atoms with Crippen molar-refractivity contribution in [3.05, 3.63) is 57.8 Å². The van der Waals surface area contributed by atoms with Crippen LogP contribution in [-0.2, 0) is 15.6 Å². The van der Waals surface area contributed by atoms with Gasteiger partial charge < -0.3 is 10.2 Å². The Hall–Kier alpha value is -1.70. The molecule has 0 radical (unpaired) electrons. The van der Waals surface area contributed by atoms with Crippen molar-refractivity contribution < 1.29 is 13.2 Å². The number of likely N-dealkylation sites (N-methyl/N-ethyl adjacent to an activating group) is 1. The zero-order valence-corrected chi connectivity index (χ0v) is 15.7. The Morgan fingerprint density at radius 3 is 2.38 bits per heavy atom. The van der Waals surface area contributed by atoms with Gasteiger partial charge in [-0.1, -0.05) is 18.2 Å². The summed E-state index contributed by atoms with van der Waals surface area (Å²) in [4.78, 5) is 15.6. The SMILES string of the molecule is CN(C)C(CNC(=O)c1ccc(CS(C)(=O)=O)cc1)c1cccs1. The second-order valence-corrected chi connectivity index (χ2v) is 9.09. The average Bonchev–Trinajstić information content (AvgIpc) is 3.00. The van der Waals surface area contributed by atoms with Crippen LogP contribution in [0.1, 0.15) is 26.8 Å². The maximum absolute atomic E-state index is 12.3.